The Balaban J connectivity index is 1.41. The molecule has 2 saturated heterocycles. The van der Waals surface area contributed by atoms with Gasteiger partial charge in [-0.2, -0.15) is 5.10 Å². The van der Waals surface area contributed by atoms with Crippen LogP contribution >= 0.6 is 0 Å². The molecule has 118 valence electrons. The average Bonchev–Trinajstić information content (AvgIpc) is 3.00. The van der Waals surface area contributed by atoms with Crippen LogP contribution in [0.2, 0.25) is 0 Å². The van der Waals surface area contributed by atoms with Gasteiger partial charge < -0.3 is 9.80 Å². The number of nitrogens with zero attached hydrogens (tertiary/aromatic N) is 6. The quantitative estimate of drug-likeness (QED) is 0.842. The van der Waals surface area contributed by atoms with Crippen LogP contribution < -0.4 is 0 Å². The Morgan fingerprint density at radius 3 is 2.45 bits per heavy atom. The lowest BCUT2D eigenvalue weighted by atomic mass is 9.98. The largest absolute Gasteiger partial charge is 0.306 e. The fraction of sp³-hybridized carbons (Fsp3) is 0.688. The van der Waals surface area contributed by atoms with Gasteiger partial charge in [-0.1, -0.05) is 0 Å². The van der Waals surface area contributed by atoms with Crippen molar-refractivity contribution in [3.8, 4) is 0 Å². The van der Waals surface area contributed by atoms with Crippen LogP contribution in [0.5, 0.6) is 0 Å². The summed E-state index contributed by atoms with van der Waals surface area (Å²) in [5.41, 5.74) is 0.979. The number of aromatic nitrogens is 4. The van der Waals surface area contributed by atoms with Crippen LogP contribution in [0.15, 0.2) is 18.7 Å². The zero-order valence-corrected chi connectivity index (χ0v) is 13.2. The van der Waals surface area contributed by atoms with E-state index < -0.39 is 0 Å². The van der Waals surface area contributed by atoms with Gasteiger partial charge in [0.2, 0.25) is 0 Å². The Morgan fingerprint density at radius 2 is 1.68 bits per heavy atom. The number of fused-ring (bicyclic) bond motifs is 1. The topological polar surface area (TPSA) is 50.1 Å². The molecule has 2 aliphatic heterocycles. The monoisotopic (exact) mass is 300 g/mol. The van der Waals surface area contributed by atoms with E-state index in [0.717, 1.165) is 17.1 Å². The van der Waals surface area contributed by atoms with Crippen molar-refractivity contribution in [1.29, 1.82) is 0 Å². The molecule has 2 fully saturated rings. The smallest absolute Gasteiger partial charge is 0.161 e. The summed E-state index contributed by atoms with van der Waals surface area (Å²) in [4.78, 5) is 13.6. The molecule has 0 amide bonds. The molecular weight excluding hydrogens is 276 g/mol. The second-order valence-electron chi connectivity index (χ2n) is 6.69. The van der Waals surface area contributed by atoms with Crippen molar-refractivity contribution in [3.05, 3.63) is 18.7 Å². The molecule has 0 bridgehead atoms. The van der Waals surface area contributed by atoms with Crippen molar-refractivity contribution in [3.63, 3.8) is 0 Å². The molecule has 0 atom stereocenters. The molecule has 6 heteroatoms. The van der Waals surface area contributed by atoms with E-state index in [1.54, 1.807) is 6.33 Å². The number of rotatable bonds is 2. The summed E-state index contributed by atoms with van der Waals surface area (Å²) in [6.45, 7) is 4.85. The van der Waals surface area contributed by atoms with Gasteiger partial charge in [0.25, 0.3) is 0 Å². The van der Waals surface area contributed by atoms with Gasteiger partial charge >= 0.3 is 0 Å². The molecule has 0 aromatic carbocycles. The molecule has 22 heavy (non-hydrogen) atoms. The maximum atomic E-state index is 4.56. The molecule has 0 radical (unpaired) electrons. The summed E-state index contributed by atoms with van der Waals surface area (Å²) in [5.74, 6) is 0. The highest BCUT2D eigenvalue weighted by Crippen LogP contribution is 2.28. The van der Waals surface area contributed by atoms with E-state index in [1.165, 1.54) is 51.9 Å². The summed E-state index contributed by atoms with van der Waals surface area (Å²) in [6, 6.07) is 1.27. The summed E-state index contributed by atoms with van der Waals surface area (Å²) in [7, 11) is 2.23. The minimum absolute atomic E-state index is 0.481. The lowest BCUT2D eigenvalue weighted by Crippen LogP contribution is -2.47. The minimum atomic E-state index is 0.481. The number of hydrogen-bond acceptors (Lipinski definition) is 5. The van der Waals surface area contributed by atoms with Crippen LogP contribution in [0.25, 0.3) is 11.0 Å². The molecule has 0 saturated carbocycles. The van der Waals surface area contributed by atoms with Crippen LogP contribution in [0.4, 0.5) is 0 Å². The van der Waals surface area contributed by atoms with Crippen LogP contribution in [0.1, 0.15) is 31.7 Å². The van der Waals surface area contributed by atoms with Crippen molar-refractivity contribution in [1.82, 2.24) is 29.5 Å². The van der Waals surface area contributed by atoms with Crippen molar-refractivity contribution in [2.45, 2.75) is 37.8 Å². The van der Waals surface area contributed by atoms with Crippen LogP contribution in [-0.2, 0) is 0 Å². The second kappa shape index (κ2) is 5.93. The lowest BCUT2D eigenvalue weighted by molar-refractivity contribution is 0.0858. The molecule has 0 unspecified atom stereocenters. The number of likely N-dealkylation sites (tertiary alicyclic amines) is 2. The van der Waals surface area contributed by atoms with E-state index >= 15 is 0 Å². The van der Waals surface area contributed by atoms with E-state index in [9.17, 15) is 0 Å². The molecule has 4 heterocycles. The summed E-state index contributed by atoms with van der Waals surface area (Å²) < 4.78 is 2.11. The van der Waals surface area contributed by atoms with Crippen molar-refractivity contribution < 1.29 is 0 Å². The van der Waals surface area contributed by atoms with E-state index in [4.69, 9.17) is 0 Å². The molecule has 2 aliphatic rings. The average molecular weight is 300 g/mol. The second-order valence-corrected chi connectivity index (χ2v) is 6.69. The molecule has 4 rings (SSSR count). The van der Waals surface area contributed by atoms with E-state index in [2.05, 4.69) is 36.6 Å². The fourth-order valence-electron chi connectivity index (χ4n) is 3.92. The SMILES string of the molecule is CN1CCC(N2CCC(n3ncc4cncnc43)CC2)CC1. The highest BCUT2D eigenvalue weighted by molar-refractivity contribution is 5.72. The third kappa shape index (κ3) is 2.61. The third-order valence-corrected chi connectivity index (χ3v) is 5.31. The summed E-state index contributed by atoms with van der Waals surface area (Å²) in [5, 5.41) is 5.60. The Labute approximate surface area is 131 Å². The number of hydrogen-bond donors (Lipinski definition) is 0. The van der Waals surface area contributed by atoms with Gasteiger partial charge in [0.15, 0.2) is 5.65 Å². The zero-order valence-electron chi connectivity index (χ0n) is 13.2. The van der Waals surface area contributed by atoms with Crippen molar-refractivity contribution >= 4 is 11.0 Å². The Morgan fingerprint density at radius 1 is 0.955 bits per heavy atom. The Kier molecular flexibility index (Phi) is 3.80. The van der Waals surface area contributed by atoms with E-state index in [-0.39, 0.29) is 0 Å². The number of piperidine rings is 2. The van der Waals surface area contributed by atoms with Gasteiger partial charge in [-0.15, -0.1) is 0 Å². The van der Waals surface area contributed by atoms with Crippen molar-refractivity contribution in [2.75, 3.05) is 33.2 Å². The van der Waals surface area contributed by atoms with Crippen LogP contribution in [0, 0.1) is 0 Å². The first-order valence-electron chi connectivity index (χ1n) is 8.37. The molecule has 2 aromatic rings. The van der Waals surface area contributed by atoms with Gasteiger partial charge in [-0.3, -0.25) is 0 Å². The van der Waals surface area contributed by atoms with Crippen LogP contribution in [-0.4, -0.2) is 68.8 Å². The maximum absolute atomic E-state index is 4.56. The van der Waals surface area contributed by atoms with Gasteiger partial charge in [0, 0.05) is 25.3 Å². The van der Waals surface area contributed by atoms with Gasteiger partial charge in [-0.05, 0) is 45.8 Å². The first-order chi connectivity index (χ1) is 10.8. The zero-order chi connectivity index (χ0) is 14.9. The molecule has 0 aliphatic carbocycles. The molecule has 6 nitrogen and oxygen atoms in total. The predicted molar refractivity (Wildman–Crippen MR) is 85.7 cm³/mol. The maximum Gasteiger partial charge on any atom is 0.161 e. The molecule has 0 N–H and O–H groups in total. The normalized spacial score (nSPS) is 23.3. The fourth-order valence-corrected chi connectivity index (χ4v) is 3.92. The molecule has 0 spiro atoms. The standard InChI is InChI=1S/C16H24N6/c1-20-6-2-14(3-7-20)21-8-4-15(5-9-21)22-16-13(11-19-22)10-17-12-18-16/h10-12,14-15H,2-9H2,1H3. The Bertz CT molecular complexity index is 622. The highest BCUT2D eigenvalue weighted by Gasteiger charge is 2.28. The molecular formula is C16H24N6. The van der Waals surface area contributed by atoms with Crippen molar-refractivity contribution in [2.24, 2.45) is 0 Å². The molecule has 2 aromatic heterocycles. The lowest BCUT2D eigenvalue weighted by Gasteiger charge is -2.41. The first-order valence-corrected chi connectivity index (χ1v) is 8.37. The van der Waals surface area contributed by atoms with Crippen LogP contribution in [0.3, 0.4) is 0 Å². The first kappa shape index (κ1) is 14.1. The van der Waals surface area contributed by atoms with E-state index in [1.807, 2.05) is 12.4 Å². The van der Waals surface area contributed by atoms with Gasteiger partial charge in [0.05, 0.1) is 17.6 Å². The minimum Gasteiger partial charge on any atom is -0.306 e. The van der Waals surface area contributed by atoms with Gasteiger partial charge in [0.1, 0.15) is 6.33 Å². The third-order valence-electron chi connectivity index (χ3n) is 5.31. The predicted octanol–water partition coefficient (Wildman–Crippen LogP) is 1.56. The summed E-state index contributed by atoms with van der Waals surface area (Å²) in [6.07, 6.45) is 10.3. The highest BCUT2D eigenvalue weighted by atomic mass is 15.3. The Hall–Kier alpha value is -1.53. The summed E-state index contributed by atoms with van der Waals surface area (Å²) >= 11 is 0. The van der Waals surface area contributed by atoms with Gasteiger partial charge in [-0.25, -0.2) is 14.6 Å². The van der Waals surface area contributed by atoms with E-state index in [0.29, 0.717) is 6.04 Å².